The SMILES string of the molecule is CCC(CCO)NC(C)c1cccc(N2CCCC2=O)c1. The molecule has 1 amide bonds. The fraction of sp³-hybridized carbons (Fsp3) is 0.588. The molecule has 1 fully saturated rings. The molecule has 1 aromatic rings. The predicted octanol–water partition coefficient (Wildman–Crippen LogP) is 2.63. The number of carbonyl (C=O) groups is 1. The van der Waals surface area contributed by atoms with Crippen molar-refractivity contribution in [2.75, 3.05) is 18.1 Å². The Kier molecular flexibility index (Phi) is 5.76. The summed E-state index contributed by atoms with van der Waals surface area (Å²) < 4.78 is 0. The highest BCUT2D eigenvalue weighted by molar-refractivity contribution is 5.95. The number of rotatable bonds is 7. The smallest absolute Gasteiger partial charge is 0.227 e. The highest BCUT2D eigenvalue weighted by atomic mass is 16.3. The van der Waals surface area contributed by atoms with Gasteiger partial charge >= 0.3 is 0 Å². The van der Waals surface area contributed by atoms with Gasteiger partial charge in [0.2, 0.25) is 5.91 Å². The minimum atomic E-state index is 0.208. The first-order valence-electron chi connectivity index (χ1n) is 7.93. The number of hydrogen-bond acceptors (Lipinski definition) is 3. The van der Waals surface area contributed by atoms with Crippen LogP contribution >= 0.6 is 0 Å². The summed E-state index contributed by atoms with van der Waals surface area (Å²) >= 11 is 0. The van der Waals surface area contributed by atoms with Crippen LogP contribution < -0.4 is 10.2 Å². The van der Waals surface area contributed by atoms with Crippen molar-refractivity contribution in [3.8, 4) is 0 Å². The van der Waals surface area contributed by atoms with Gasteiger partial charge in [0.25, 0.3) is 0 Å². The molecule has 2 rings (SSSR count). The Morgan fingerprint density at radius 3 is 2.86 bits per heavy atom. The van der Waals surface area contributed by atoms with Crippen LogP contribution in [0.15, 0.2) is 24.3 Å². The Hall–Kier alpha value is -1.39. The van der Waals surface area contributed by atoms with E-state index in [1.165, 1.54) is 5.56 Å². The molecule has 4 heteroatoms. The number of nitrogens with one attached hydrogen (secondary N) is 1. The minimum absolute atomic E-state index is 0.208. The molecule has 0 bridgehead atoms. The lowest BCUT2D eigenvalue weighted by Crippen LogP contribution is -2.32. The Morgan fingerprint density at radius 2 is 2.24 bits per heavy atom. The Morgan fingerprint density at radius 1 is 1.43 bits per heavy atom. The van der Waals surface area contributed by atoms with Crippen molar-refractivity contribution in [2.24, 2.45) is 0 Å². The molecule has 1 aliphatic heterocycles. The summed E-state index contributed by atoms with van der Waals surface area (Å²) in [5.74, 6) is 0.222. The Labute approximate surface area is 127 Å². The second-order valence-electron chi connectivity index (χ2n) is 5.75. The third-order valence-electron chi connectivity index (χ3n) is 4.21. The molecule has 2 N–H and O–H groups in total. The van der Waals surface area contributed by atoms with E-state index < -0.39 is 0 Å². The van der Waals surface area contributed by atoms with Gasteiger partial charge in [-0.05, 0) is 43.9 Å². The predicted molar refractivity (Wildman–Crippen MR) is 85.4 cm³/mol. The van der Waals surface area contributed by atoms with Crippen molar-refractivity contribution < 1.29 is 9.90 Å². The minimum Gasteiger partial charge on any atom is -0.396 e. The number of hydrogen-bond donors (Lipinski definition) is 2. The number of anilines is 1. The van der Waals surface area contributed by atoms with Gasteiger partial charge in [-0.25, -0.2) is 0 Å². The van der Waals surface area contributed by atoms with Crippen LogP contribution in [0.2, 0.25) is 0 Å². The number of benzene rings is 1. The Balaban J connectivity index is 2.07. The lowest BCUT2D eigenvalue weighted by atomic mass is 10.0. The molecule has 1 saturated heterocycles. The summed E-state index contributed by atoms with van der Waals surface area (Å²) in [7, 11) is 0. The molecule has 0 radical (unpaired) electrons. The number of aliphatic hydroxyl groups is 1. The molecule has 0 aromatic heterocycles. The summed E-state index contributed by atoms with van der Waals surface area (Å²) in [5, 5.41) is 12.6. The summed E-state index contributed by atoms with van der Waals surface area (Å²) in [5.41, 5.74) is 2.18. The van der Waals surface area contributed by atoms with Crippen molar-refractivity contribution in [2.45, 2.75) is 51.6 Å². The molecule has 4 nitrogen and oxygen atoms in total. The van der Waals surface area contributed by atoms with E-state index >= 15 is 0 Å². The van der Waals surface area contributed by atoms with Crippen LogP contribution in [-0.2, 0) is 4.79 Å². The standard InChI is InChI=1S/C17H26N2O2/c1-3-15(9-11-20)18-13(2)14-6-4-7-16(12-14)19-10-5-8-17(19)21/h4,6-7,12-13,15,18,20H,3,5,8-11H2,1-2H3. The van der Waals surface area contributed by atoms with Crippen LogP contribution in [0.25, 0.3) is 0 Å². The molecule has 0 aliphatic carbocycles. The van der Waals surface area contributed by atoms with Crippen LogP contribution in [-0.4, -0.2) is 30.2 Å². The van der Waals surface area contributed by atoms with Crippen molar-refractivity contribution in [1.82, 2.24) is 5.32 Å². The van der Waals surface area contributed by atoms with Crippen LogP contribution in [0.4, 0.5) is 5.69 Å². The normalized spacial score (nSPS) is 18.0. The van der Waals surface area contributed by atoms with E-state index in [2.05, 4.69) is 31.3 Å². The molecular weight excluding hydrogens is 264 g/mol. The zero-order chi connectivity index (χ0) is 15.2. The van der Waals surface area contributed by atoms with Gasteiger partial charge < -0.3 is 15.3 Å². The third kappa shape index (κ3) is 4.05. The van der Waals surface area contributed by atoms with Crippen molar-refractivity contribution in [3.05, 3.63) is 29.8 Å². The van der Waals surface area contributed by atoms with Gasteiger partial charge in [0.1, 0.15) is 0 Å². The van der Waals surface area contributed by atoms with E-state index in [9.17, 15) is 4.79 Å². The average Bonchev–Trinajstić information content (AvgIpc) is 2.93. The molecule has 1 heterocycles. The molecule has 1 aromatic carbocycles. The van der Waals surface area contributed by atoms with Gasteiger partial charge in [0.05, 0.1) is 0 Å². The number of aliphatic hydroxyl groups excluding tert-OH is 1. The molecule has 2 atom stereocenters. The quantitative estimate of drug-likeness (QED) is 0.811. The fourth-order valence-electron chi connectivity index (χ4n) is 2.89. The molecule has 0 spiro atoms. The fourth-order valence-corrected chi connectivity index (χ4v) is 2.89. The van der Waals surface area contributed by atoms with Crippen molar-refractivity contribution >= 4 is 11.6 Å². The highest BCUT2D eigenvalue weighted by Gasteiger charge is 2.22. The molecule has 21 heavy (non-hydrogen) atoms. The van der Waals surface area contributed by atoms with E-state index in [4.69, 9.17) is 5.11 Å². The van der Waals surface area contributed by atoms with E-state index in [0.29, 0.717) is 12.5 Å². The van der Waals surface area contributed by atoms with E-state index in [1.807, 2.05) is 17.0 Å². The third-order valence-corrected chi connectivity index (χ3v) is 4.21. The van der Waals surface area contributed by atoms with Gasteiger partial charge in [0, 0.05) is 37.3 Å². The summed E-state index contributed by atoms with van der Waals surface area (Å²) in [6.07, 6.45) is 3.37. The summed E-state index contributed by atoms with van der Waals surface area (Å²) in [4.78, 5) is 13.7. The first kappa shape index (κ1) is 16.0. The maximum absolute atomic E-state index is 11.8. The van der Waals surface area contributed by atoms with Gasteiger partial charge in [-0.1, -0.05) is 19.1 Å². The van der Waals surface area contributed by atoms with E-state index in [0.717, 1.165) is 31.5 Å². The van der Waals surface area contributed by atoms with Crippen LogP contribution in [0.1, 0.15) is 51.1 Å². The van der Waals surface area contributed by atoms with Crippen LogP contribution in [0.5, 0.6) is 0 Å². The maximum Gasteiger partial charge on any atom is 0.227 e. The molecular formula is C17H26N2O2. The zero-order valence-electron chi connectivity index (χ0n) is 13.0. The van der Waals surface area contributed by atoms with Gasteiger partial charge in [-0.15, -0.1) is 0 Å². The zero-order valence-corrected chi connectivity index (χ0v) is 13.0. The van der Waals surface area contributed by atoms with Crippen LogP contribution in [0, 0.1) is 0 Å². The maximum atomic E-state index is 11.8. The largest absolute Gasteiger partial charge is 0.396 e. The number of carbonyl (C=O) groups excluding carboxylic acids is 1. The summed E-state index contributed by atoms with van der Waals surface area (Å²) in [6.45, 7) is 5.29. The second kappa shape index (κ2) is 7.57. The molecule has 116 valence electrons. The van der Waals surface area contributed by atoms with Crippen LogP contribution in [0.3, 0.4) is 0 Å². The molecule has 2 unspecified atom stereocenters. The monoisotopic (exact) mass is 290 g/mol. The lowest BCUT2D eigenvalue weighted by Gasteiger charge is -2.23. The van der Waals surface area contributed by atoms with Gasteiger partial charge in [-0.2, -0.15) is 0 Å². The first-order chi connectivity index (χ1) is 10.2. The first-order valence-corrected chi connectivity index (χ1v) is 7.93. The lowest BCUT2D eigenvalue weighted by molar-refractivity contribution is -0.117. The second-order valence-corrected chi connectivity index (χ2v) is 5.75. The number of nitrogens with zero attached hydrogens (tertiary/aromatic N) is 1. The van der Waals surface area contributed by atoms with E-state index in [-0.39, 0.29) is 18.6 Å². The average molecular weight is 290 g/mol. The molecule has 0 saturated carbocycles. The van der Waals surface area contributed by atoms with Gasteiger partial charge in [-0.3, -0.25) is 4.79 Å². The number of amides is 1. The summed E-state index contributed by atoms with van der Waals surface area (Å²) in [6, 6.07) is 8.74. The van der Waals surface area contributed by atoms with E-state index in [1.54, 1.807) is 0 Å². The van der Waals surface area contributed by atoms with Gasteiger partial charge in [0.15, 0.2) is 0 Å². The van der Waals surface area contributed by atoms with Crippen molar-refractivity contribution in [3.63, 3.8) is 0 Å². The topological polar surface area (TPSA) is 52.6 Å². The highest BCUT2D eigenvalue weighted by Crippen LogP contribution is 2.25. The van der Waals surface area contributed by atoms with Crippen molar-refractivity contribution in [1.29, 1.82) is 0 Å². The Bertz CT molecular complexity index is 476. The molecule has 1 aliphatic rings.